The summed E-state index contributed by atoms with van der Waals surface area (Å²) in [4.78, 5) is 27.0. The first-order valence-electron chi connectivity index (χ1n) is 9.47. The lowest BCUT2D eigenvalue weighted by Gasteiger charge is -2.29. The van der Waals surface area contributed by atoms with Crippen LogP contribution in [0.1, 0.15) is 30.9 Å². The van der Waals surface area contributed by atoms with Crippen molar-refractivity contribution in [3.8, 4) is 0 Å². The molecule has 6 heteroatoms. The SMILES string of the molecule is C[C@H](C(=O)NCCCO)N(Cc1ccc(Cl)cc1)C(=O)CCc1ccccc1. The highest BCUT2D eigenvalue weighted by Gasteiger charge is 2.25. The van der Waals surface area contributed by atoms with E-state index in [0.29, 0.717) is 37.4 Å². The predicted octanol–water partition coefficient (Wildman–Crippen LogP) is 3.19. The monoisotopic (exact) mass is 402 g/mol. The first kappa shape index (κ1) is 21.9. The van der Waals surface area contributed by atoms with Gasteiger partial charge < -0.3 is 15.3 Å². The Morgan fingerprint density at radius 2 is 1.75 bits per heavy atom. The van der Waals surface area contributed by atoms with E-state index in [2.05, 4.69) is 5.32 Å². The topological polar surface area (TPSA) is 69.6 Å². The number of rotatable bonds is 10. The summed E-state index contributed by atoms with van der Waals surface area (Å²) in [6.07, 6.45) is 1.43. The van der Waals surface area contributed by atoms with Gasteiger partial charge in [-0.2, -0.15) is 0 Å². The third-order valence-electron chi connectivity index (χ3n) is 4.54. The molecule has 0 saturated carbocycles. The van der Waals surface area contributed by atoms with E-state index in [4.69, 9.17) is 16.7 Å². The number of hydrogen-bond donors (Lipinski definition) is 2. The van der Waals surface area contributed by atoms with Crippen molar-refractivity contribution in [1.82, 2.24) is 10.2 Å². The van der Waals surface area contributed by atoms with Crippen molar-refractivity contribution < 1.29 is 14.7 Å². The van der Waals surface area contributed by atoms with Crippen LogP contribution < -0.4 is 5.32 Å². The zero-order chi connectivity index (χ0) is 20.4. The molecule has 2 aromatic carbocycles. The van der Waals surface area contributed by atoms with Crippen LogP contribution in [-0.2, 0) is 22.6 Å². The number of aliphatic hydroxyl groups is 1. The summed E-state index contributed by atoms with van der Waals surface area (Å²) in [6, 6.07) is 16.5. The van der Waals surface area contributed by atoms with E-state index in [0.717, 1.165) is 11.1 Å². The molecule has 28 heavy (non-hydrogen) atoms. The lowest BCUT2D eigenvalue weighted by atomic mass is 10.1. The summed E-state index contributed by atoms with van der Waals surface area (Å²) in [5.41, 5.74) is 2.00. The van der Waals surface area contributed by atoms with Crippen molar-refractivity contribution in [3.63, 3.8) is 0 Å². The fourth-order valence-electron chi connectivity index (χ4n) is 2.85. The van der Waals surface area contributed by atoms with E-state index in [9.17, 15) is 9.59 Å². The highest BCUT2D eigenvalue weighted by atomic mass is 35.5. The Bertz CT molecular complexity index is 750. The average Bonchev–Trinajstić information content (AvgIpc) is 2.72. The van der Waals surface area contributed by atoms with E-state index < -0.39 is 6.04 Å². The first-order valence-corrected chi connectivity index (χ1v) is 9.85. The second-order valence-corrected chi connectivity index (χ2v) is 7.11. The van der Waals surface area contributed by atoms with Crippen molar-refractivity contribution >= 4 is 23.4 Å². The largest absolute Gasteiger partial charge is 0.396 e. The second-order valence-electron chi connectivity index (χ2n) is 6.68. The maximum Gasteiger partial charge on any atom is 0.242 e. The number of nitrogens with zero attached hydrogens (tertiary/aromatic N) is 1. The number of nitrogens with one attached hydrogen (secondary N) is 1. The van der Waals surface area contributed by atoms with Crippen LogP contribution >= 0.6 is 11.6 Å². The molecule has 2 rings (SSSR count). The molecule has 5 nitrogen and oxygen atoms in total. The van der Waals surface area contributed by atoms with Crippen LogP contribution in [0.5, 0.6) is 0 Å². The maximum absolute atomic E-state index is 12.9. The second kappa shape index (κ2) is 11.5. The van der Waals surface area contributed by atoms with Gasteiger partial charge >= 0.3 is 0 Å². The van der Waals surface area contributed by atoms with E-state index in [-0.39, 0.29) is 18.4 Å². The van der Waals surface area contributed by atoms with Crippen molar-refractivity contribution in [2.75, 3.05) is 13.2 Å². The van der Waals surface area contributed by atoms with Crippen molar-refractivity contribution in [2.24, 2.45) is 0 Å². The average molecular weight is 403 g/mol. The minimum absolute atomic E-state index is 0.0131. The van der Waals surface area contributed by atoms with Gasteiger partial charge in [-0.25, -0.2) is 0 Å². The van der Waals surface area contributed by atoms with Gasteiger partial charge in [-0.05, 0) is 43.0 Å². The summed E-state index contributed by atoms with van der Waals surface area (Å²) < 4.78 is 0. The van der Waals surface area contributed by atoms with Crippen LogP contribution in [0.15, 0.2) is 54.6 Å². The molecule has 0 saturated heterocycles. The molecule has 0 aliphatic carbocycles. The lowest BCUT2D eigenvalue weighted by Crippen LogP contribution is -2.47. The number of aryl methyl sites for hydroxylation is 1. The number of hydrogen-bond acceptors (Lipinski definition) is 3. The lowest BCUT2D eigenvalue weighted by molar-refractivity contribution is -0.140. The van der Waals surface area contributed by atoms with Crippen molar-refractivity contribution in [2.45, 2.75) is 38.8 Å². The van der Waals surface area contributed by atoms with Gasteiger partial charge in [-0.3, -0.25) is 9.59 Å². The van der Waals surface area contributed by atoms with E-state index >= 15 is 0 Å². The van der Waals surface area contributed by atoms with Gasteiger partial charge in [-0.15, -0.1) is 0 Å². The molecular formula is C22H27ClN2O3. The molecular weight excluding hydrogens is 376 g/mol. The van der Waals surface area contributed by atoms with Crippen LogP contribution in [0.25, 0.3) is 0 Å². The van der Waals surface area contributed by atoms with Gasteiger partial charge in [-0.1, -0.05) is 54.1 Å². The molecule has 0 aromatic heterocycles. The summed E-state index contributed by atoms with van der Waals surface area (Å²) in [6.45, 7) is 2.45. The molecule has 0 heterocycles. The fourth-order valence-corrected chi connectivity index (χ4v) is 2.97. The highest BCUT2D eigenvalue weighted by Crippen LogP contribution is 2.15. The molecule has 0 bridgehead atoms. The first-order chi connectivity index (χ1) is 13.5. The number of carbonyl (C=O) groups is 2. The zero-order valence-electron chi connectivity index (χ0n) is 16.1. The van der Waals surface area contributed by atoms with Gasteiger partial charge in [0.15, 0.2) is 0 Å². The highest BCUT2D eigenvalue weighted by molar-refractivity contribution is 6.30. The Morgan fingerprint density at radius 3 is 2.39 bits per heavy atom. The Labute approximate surface area is 171 Å². The van der Waals surface area contributed by atoms with Gasteiger partial charge in [0.05, 0.1) is 0 Å². The summed E-state index contributed by atoms with van der Waals surface area (Å²) >= 11 is 5.95. The van der Waals surface area contributed by atoms with Crippen LogP contribution in [0.3, 0.4) is 0 Å². The van der Waals surface area contributed by atoms with Crippen LogP contribution in [0.2, 0.25) is 5.02 Å². The zero-order valence-corrected chi connectivity index (χ0v) is 16.9. The van der Waals surface area contributed by atoms with Crippen molar-refractivity contribution in [3.05, 3.63) is 70.7 Å². The van der Waals surface area contributed by atoms with Crippen molar-refractivity contribution in [1.29, 1.82) is 0 Å². The molecule has 0 radical (unpaired) electrons. The Morgan fingerprint density at radius 1 is 1.07 bits per heavy atom. The Kier molecular flexibility index (Phi) is 8.98. The van der Waals surface area contributed by atoms with Gasteiger partial charge in [0.1, 0.15) is 6.04 Å². The number of carbonyl (C=O) groups excluding carboxylic acids is 2. The molecule has 150 valence electrons. The molecule has 2 N–H and O–H groups in total. The minimum atomic E-state index is -0.613. The van der Waals surface area contributed by atoms with Gasteiger partial charge in [0.25, 0.3) is 0 Å². The molecule has 2 amide bonds. The number of aliphatic hydroxyl groups excluding tert-OH is 1. The van der Waals surface area contributed by atoms with E-state index in [1.807, 2.05) is 42.5 Å². The smallest absolute Gasteiger partial charge is 0.242 e. The normalized spacial score (nSPS) is 11.7. The van der Waals surface area contributed by atoms with E-state index in [1.165, 1.54) is 0 Å². The molecule has 1 atom stereocenters. The molecule has 0 unspecified atom stereocenters. The van der Waals surface area contributed by atoms with E-state index in [1.54, 1.807) is 24.0 Å². The number of halogens is 1. The Hall–Kier alpha value is -2.37. The van der Waals surface area contributed by atoms with Gasteiger partial charge in [0.2, 0.25) is 11.8 Å². The third kappa shape index (κ3) is 6.98. The standard InChI is InChI=1S/C22H27ClN2O3/c1-17(22(28)24-14-5-15-26)25(16-19-8-11-20(23)12-9-19)21(27)13-10-18-6-3-2-4-7-18/h2-4,6-9,11-12,17,26H,5,10,13-16H2,1H3,(H,24,28)/t17-/m1/s1. The Balaban J connectivity index is 2.08. The summed E-state index contributed by atoms with van der Waals surface area (Å²) in [5, 5.41) is 12.3. The fraction of sp³-hybridized carbons (Fsp3) is 0.364. The summed E-state index contributed by atoms with van der Waals surface area (Å²) in [7, 11) is 0. The third-order valence-corrected chi connectivity index (χ3v) is 4.79. The molecule has 0 aliphatic rings. The number of benzene rings is 2. The molecule has 0 aliphatic heterocycles. The van der Waals surface area contributed by atoms with Crippen LogP contribution in [0, 0.1) is 0 Å². The van der Waals surface area contributed by atoms with Gasteiger partial charge in [0, 0.05) is 31.1 Å². The molecule has 2 aromatic rings. The van der Waals surface area contributed by atoms with Crippen LogP contribution in [0.4, 0.5) is 0 Å². The predicted molar refractivity (Wildman–Crippen MR) is 111 cm³/mol. The quantitative estimate of drug-likeness (QED) is 0.599. The minimum Gasteiger partial charge on any atom is -0.396 e. The maximum atomic E-state index is 12.9. The molecule has 0 fully saturated rings. The number of amides is 2. The summed E-state index contributed by atoms with van der Waals surface area (Å²) in [5.74, 6) is -0.306. The van der Waals surface area contributed by atoms with Crippen LogP contribution in [-0.4, -0.2) is 41.0 Å². The molecule has 0 spiro atoms.